The van der Waals surface area contributed by atoms with E-state index in [1.807, 2.05) is 5.38 Å². The van der Waals surface area contributed by atoms with Gasteiger partial charge in [-0.2, -0.15) is 0 Å². The molecule has 0 fully saturated rings. The van der Waals surface area contributed by atoms with Crippen molar-refractivity contribution in [3.05, 3.63) is 41.4 Å². The molecule has 0 atom stereocenters. The molecule has 7 heteroatoms. The van der Waals surface area contributed by atoms with Crippen molar-refractivity contribution in [2.75, 3.05) is 6.26 Å². The van der Waals surface area contributed by atoms with Gasteiger partial charge in [0.05, 0.1) is 6.26 Å². The van der Waals surface area contributed by atoms with E-state index in [9.17, 15) is 8.42 Å². The Balaban J connectivity index is 1.97. The summed E-state index contributed by atoms with van der Waals surface area (Å²) in [6, 6.07) is 7.17. The quantitative estimate of drug-likeness (QED) is 0.911. The van der Waals surface area contributed by atoms with Crippen LogP contribution >= 0.6 is 11.3 Å². The number of hydrogen-bond donors (Lipinski definition) is 1. The molecule has 0 radical (unpaired) electrons. The van der Waals surface area contributed by atoms with E-state index in [1.54, 1.807) is 30.5 Å². The van der Waals surface area contributed by atoms with Crippen LogP contribution in [0.2, 0.25) is 0 Å². The minimum atomic E-state index is -3.16. The lowest BCUT2D eigenvalue weighted by atomic mass is 10.2. The molecule has 0 aliphatic carbocycles. The summed E-state index contributed by atoms with van der Waals surface area (Å²) in [6.07, 6.45) is 2.80. The Kier molecular flexibility index (Phi) is 3.95. The molecule has 18 heavy (non-hydrogen) atoms. The summed E-state index contributed by atoms with van der Waals surface area (Å²) in [4.78, 5) is 4.01. The van der Waals surface area contributed by atoms with Crippen LogP contribution < -0.4 is 9.46 Å². The van der Waals surface area contributed by atoms with Crippen molar-refractivity contribution in [1.29, 1.82) is 0 Å². The fourth-order valence-corrected chi connectivity index (χ4v) is 2.18. The van der Waals surface area contributed by atoms with Crippen LogP contribution in [0.25, 0.3) is 0 Å². The van der Waals surface area contributed by atoms with Crippen molar-refractivity contribution in [1.82, 2.24) is 9.71 Å². The highest BCUT2D eigenvalue weighted by Gasteiger charge is 2.02. The van der Waals surface area contributed by atoms with Gasteiger partial charge in [-0.05, 0) is 17.7 Å². The minimum Gasteiger partial charge on any atom is -0.431 e. The fraction of sp³-hybridized carbons (Fsp3) is 0.182. The van der Waals surface area contributed by atoms with Crippen LogP contribution in [0.1, 0.15) is 5.56 Å². The first-order valence-electron chi connectivity index (χ1n) is 5.14. The van der Waals surface area contributed by atoms with Gasteiger partial charge < -0.3 is 4.74 Å². The van der Waals surface area contributed by atoms with Crippen LogP contribution in [0, 0.1) is 0 Å². The van der Waals surface area contributed by atoms with Crippen molar-refractivity contribution in [3.63, 3.8) is 0 Å². The molecule has 0 saturated heterocycles. The predicted molar refractivity (Wildman–Crippen MR) is 70.3 cm³/mol. The largest absolute Gasteiger partial charge is 0.431 e. The van der Waals surface area contributed by atoms with Crippen LogP contribution in [0.3, 0.4) is 0 Å². The molecule has 0 spiro atoms. The molecule has 0 bridgehead atoms. The summed E-state index contributed by atoms with van der Waals surface area (Å²) < 4.78 is 29.8. The zero-order valence-corrected chi connectivity index (χ0v) is 11.3. The summed E-state index contributed by atoms with van der Waals surface area (Å²) >= 11 is 1.41. The molecular weight excluding hydrogens is 272 g/mol. The number of hydrogen-bond acceptors (Lipinski definition) is 5. The average Bonchev–Trinajstić information content (AvgIpc) is 2.80. The van der Waals surface area contributed by atoms with Crippen LogP contribution in [-0.4, -0.2) is 19.7 Å². The highest BCUT2D eigenvalue weighted by Crippen LogP contribution is 2.23. The first-order valence-corrected chi connectivity index (χ1v) is 7.91. The molecule has 1 aromatic heterocycles. The van der Waals surface area contributed by atoms with Crippen molar-refractivity contribution in [2.45, 2.75) is 6.54 Å². The number of thiazole rings is 1. The van der Waals surface area contributed by atoms with Gasteiger partial charge in [-0.1, -0.05) is 23.5 Å². The van der Waals surface area contributed by atoms with Crippen molar-refractivity contribution in [2.24, 2.45) is 0 Å². The van der Waals surface area contributed by atoms with Crippen LogP contribution in [0.5, 0.6) is 10.9 Å². The average molecular weight is 284 g/mol. The topological polar surface area (TPSA) is 68.3 Å². The van der Waals surface area contributed by atoms with Crippen LogP contribution in [0.4, 0.5) is 0 Å². The molecule has 2 rings (SSSR count). The Labute approximate surface area is 110 Å². The van der Waals surface area contributed by atoms with Gasteiger partial charge in [-0.15, -0.1) is 0 Å². The molecule has 0 unspecified atom stereocenters. The van der Waals surface area contributed by atoms with Gasteiger partial charge in [0.1, 0.15) is 5.75 Å². The molecule has 0 aliphatic rings. The van der Waals surface area contributed by atoms with Gasteiger partial charge in [0.15, 0.2) is 0 Å². The van der Waals surface area contributed by atoms with Crippen molar-refractivity contribution >= 4 is 21.4 Å². The molecular formula is C11H12N2O3S2. The Morgan fingerprint density at radius 1 is 1.33 bits per heavy atom. The summed E-state index contributed by atoms with van der Waals surface area (Å²) in [5.41, 5.74) is 0.868. The Morgan fingerprint density at radius 2 is 2.06 bits per heavy atom. The van der Waals surface area contributed by atoms with Gasteiger partial charge in [-0.25, -0.2) is 18.1 Å². The Bertz CT molecular complexity index is 592. The number of nitrogens with one attached hydrogen (secondary N) is 1. The zero-order valence-electron chi connectivity index (χ0n) is 9.66. The second kappa shape index (κ2) is 5.47. The SMILES string of the molecule is CS(=O)(=O)NCc1ccc(Oc2nccs2)cc1. The summed E-state index contributed by atoms with van der Waals surface area (Å²) in [5, 5.41) is 2.41. The lowest BCUT2D eigenvalue weighted by Gasteiger charge is -2.04. The molecule has 1 N–H and O–H groups in total. The molecule has 2 aromatic rings. The Hall–Kier alpha value is -1.44. The van der Waals surface area contributed by atoms with Crippen molar-refractivity contribution in [3.8, 4) is 10.9 Å². The second-order valence-corrected chi connectivity index (χ2v) is 6.33. The molecule has 1 aromatic carbocycles. The van der Waals surface area contributed by atoms with E-state index < -0.39 is 10.0 Å². The lowest BCUT2D eigenvalue weighted by Crippen LogP contribution is -2.21. The number of rotatable bonds is 5. The highest BCUT2D eigenvalue weighted by atomic mass is 32.2. The minimum absolute atomic E-state index is 0.274. The molecule has 0 saturated carbocycles. The molecule has 5 nitrogen and oxygen atoms in total. The predicted octanol–water partition coefficient (Wildman–Crippen LogP) is 1.98. The maximum atomic E-state index is 10.9. The van der Waals surface area contributed by atoms with Gasteiger partial charge in [-0.3, -0.25) is 0 Å². The third kappa shape index (κ3) is 4.10. The monoisotopic (exact) mass is 284 g/mol. The molecule has 0 amide bonds. The van der Waals surface area contributed by atoms with Crippen LogP contribution in [-0.2, 0) is 16.6 Å². The van der Waals surface area contributed by atoms with E-state index in [0.717, 1.165) is 11.8 Å². The first-order chi connectivity index (χ1) is 8.53. The fourth-order valence-electron chi connectivity index (χ4n) is 1.25. The summed E-state index contributed by atoms with van der Waals surface area (Å²) in [7, 11) is -3.16. The third-order valence-corrected chi connectivity index (χ3v) is 3.39. The highest BCUT2D eigenvalue weighted by molar-refractivity contribution is 7.88. The van der Waals surface area contributed by atoms with Gasteiger partial charge in [0, 0.05) is 18.1 Å². The first kappa shape index (κ1) is 13.0. The number of ether oxygens (including phenoxy) is 1. The van der Waals surface area contributed by atoms with E-state index in [0.29, 0.717) is 10.9 Å². The number of aromatic nitrogens is 1. The Morgan fingerprint density at radius 3 is 2.61 bits per heavy atom. The smallest absolute Gasteiger partial charge is 0.278 e. The van der Waals surface area contributed by atoms with Gasteiger partial charge in [0.2, 0.25) is 10.0 Å². The van der Waals surface area contributed by atoms with E-state index >= 15 is 0 Å². The van der Waals surface area contributed by atoms with E-state index in [4.69, 9.17) is 4.74 Å². The molecule has 1 heterocycles. The van der Waals surface area contributed by atoms with Gasteiger partial charge >= 0.3 is 0 Å². The maximum Gasteiger partial charge on any atom is 0.278 e. The molecule has 96 valence electrons. The number of nitrogens with zero attached hydrogens (tertiary/aromatic N) is 1. The van der Waals surface area contributed by atoms with E-state index in [1.165, 1.54) is 11.3 Å². The zero-order chi connectivity index (χ0) is 13.0. The normalized spacial score (nSPS) is 11.4. The molecule has 0 aliphatic heterocycles. The standard InChI is InChI=1S/C11H12N2O3S2/c1-18(14,15)13-8-9-2-4-10(5-3-9)16-11-12-6-7-17-11/h2-7,13H,8H2,1H3. The second-order valence-electron chi connectivity index (χ2n) is 3.64. The van der Waals surface area contributed by atoms with E-state index in [2.05, 4.69) is 9.71 Å². The van der Waals surface area contributed by atoms with Crippen LogP contribution in [0.15, 0.2) is 35.8 Å². The van der Waals surface area contributed by atoms with Gasteiger partial charge in [0.25, 0.3) is 5.19 Å². The number of benzene rings is 1. The summed E-state index contributed by atoms with van der Waals surface area (Å²) in [5.74, 6) is 0.674. The third-order valence-electron chi connectivity index (χ3n) is 2.08. The maximum absolute atomic E-state index is 10.9. The van der Waals surface area contributed by atoms with Crippen molar-refractivity contribution < 1.29 is 13.2 Å². The lowest BCUT2D eigenvalue weighted by molar-refractivity contribution is 0.478. The number of sulfonamides is 1. The van der Waals surface area contributed by atoms with E-state index in [-0.39, 0.29) is 6.54 Å². The summed E-state index contributed by atoms with van der Waals surface area (Å²) in [6.45, 7) is 0.274.